The van der Waals surface area contributed by atoms with Gasteiger partial charge in [-0.3, -0.25) is 9.88 Å². The fourth-order valence-electron chi connectivity index (χ4n) is 4.75. The number of halogens is 2. The lowest BCUT2D eigenvalue weighted by molar-refractivity contribution is 0.198. The Balaban J connectivity index is 1.50. The van der Waals surface area contributed by atoms with Crippen LogP contribution in [0.1, 0.15) is 35.6 Å². The largest absolute Gasteiger partial charge is 0.298 e. The fraction of sp³-hybridized carbons (Fsp3) is 0.250. The Labute approximate surface area is 198 Å². The van der Waals surface area contributed by atoms with E-state index in [4.69, 9.17) is 9.97 Å². The molecule has 0 saturated carbocycles. The van der Waals surface area contributed by atoms with E-state index in [1.54, 1.807) is 18.5 Å². The minimum atomic E-state index is -0.812. The summed E-state index contributed by atoms with van der Waals surface area (Å²) in [5.74, 6) is -0.719. The highest BCUT2D eigenvalue weighted by Crippen LogP contribution is 2.35. The summed E-state index contributed by atoms with van der Waals surface area (Å²) in [5.41, 5.74) is 6.11. The van der Waals surface area contributed by atoms with Gasteiger partial charge in [0.2, 0.25) is 0 Å². The Morgan fingerprint density at radius 3 is 2.59 bits per heavy atom. The molecule has 1 saturated heterocycles. The van der Waals surface area contributed by atoms with Gasteiger partial charge in [-0.25, -0.2) is 18.7 Å². The van der Waals surface area contributed by atoms with Gasteiger partial charge in [-0.15, -0.1) is 0 Å². The number of aromatic nitrogens is 3. The Hall–Kier alpha value is -3.51. The molecule has 1 fully saturated rings. The van der Waals surface area contributed by atoms with E-state index in [-0.39, 0.29) is 5.92 Å². The summed E-state index contributed by atoms with van der Waals surface area (Å²) in [6, 6.07) is 16.3. The van der Waals surface area contributed by atoms with Gasteiger partial charge in [0, 0.05) is 48.7 Å². The number of benzene rings is 2. The van der Waals surface area contributed by atoms with Crippen LogP contribution in [0, 0.1) is 18.6 Å². The zero-order chi connectivity index (χ0) is 23.5. The maximum absolute atomic E-state index is 13.7. The summed E-state index contributed by atoms with van der Waals surface area (Å²) in [5, 5.41) is 0. The van der Waals surface area contributed by atoms with Crippen molar-refractivity contribution in [2.45, 2.75) is 32.2 Å². The third-order valence-corrected chi connectivity index (χ3v) is 6.47. The Morgan fingerprint density at radius 2 is 1.79 bits per heavy atom. The predicted octanol–water partition coefficient (Wildman–Crippen LogP) is 6.17. The molecular weight excluding hydrogens is 430 g/mol. The highest BCUT2D eigenvalue weighted by molar-refractivity contribution is 5.70. The Morgan fingerprint density at radius 1 is 0.971 bits per heavy atom. The molecule has 4 nitrogen and oxygen atoms in total. The van der Waals surface area contributed by atoms with Crippen molar-refractivity contribution in [1.29, 1.82) is 0 Å². The number of rotatable bonds is 5. The first-order chi connectivity index (χ1) is 16.6. The third-order valence-electron chi connectivity index (χ3n) is 6.47. The minimum absolute atomic E-state index is 0.206. The van der Waals surface area contributed by atoms with Gasteiger partial charge >= 0.3 is 0 Å². The van der Waals surface area contributed by atoms with Gasteiger partial charge in [-0.2, -0.15) is 0 Å². The van der Waals surface area contributed by atoms with Crippen molar-refractivity contribution in [3.63, 3.8) is 0 Å². The molecule has 2 aromatic heterocycles. The molecule has 0 unspecified atom stereocenters. The number of hydrogen-bond acceptors (Lipinski definition) is 4. The molecule has 0 radical (unpaired) electrons. The summed E-state index contributed by atoms with van der Waals surface area (Å²) in [6.07, 6.45) is 7.46. The molecule has 4 aromatic rings. The number of nitrogens with zero attached hydrogens (tertiary/aromatic N) is 4. The van der Waals surface area contributed by atoms with Crippen LogP contribution >= 0.6 is 0 Å². The topological polar surface area (TPSA) is 41.9 Å². The quantitative estimate of drug-likeness (QED) is 0.360. The number of piperidine rings is 1. The number of hydrogen-bond donors (Lipinski definition) is 0. The van der Waals surface area contributed by atoms with E-state index in [0.717, 1.165) is 53.9 Å². The summed E-state index contributed by atoms with van der Waals surface area (Å²) < 4.78 is 27.1. The predicted molar refractivity (Wildman–Crippen MR) is 129 cm³/mol. The molecule has 3 heterocycles. The average molecular weight is 457 g/mol. The second kappa shape index (κ2) is 9.77. The van der Waals surface area contributed by atoms with Gasteiger partial charge in [0.15, 0.2) is 17.5 Å². The van der Waals surface area contributed by atoms with Crippen molar-refractivity contribution >= 4 is 0 Å². The molecule has 1 atom stereocenters. The molecule has 2 aromatic carbocycles. The second-order valence-corrected chi connectivity index (χ2v) is 8.87. The molecule has 34 heavy (non-hydrogen) atoms. The fourth-order valence-corrected chi connectivity index (χ4v) is 4.75. The average Bonchev–Trinajstić information content (AvgIpc) is 2.87. The number of pyridine rings is 1. The zero-order valence-corrected chi connectivity index (χ0v) is 19.1. The Kier molecular flexibility index (Phi) is 6.41. The van der Waals surface area contributed by atoms with Crippen LogP contribution < -0.4 is 0 Å². The summed E-state index contributed by atoms with van der Waals surface area (Å²) in [6.45, 7) is 4.39. The smallest absolute Gasteiger partial charge is 0.159 e. The van der Waals surface area contributed by atoms with Crippen molar-refractivity contribution in [2.75, 3.05) is 13.1 Å². The van der Waals surface area contributed by atoms with Crippen LogP contribution in [0.5, 0.6) is 0 Å². The first-order valence-corrected chi connectivity index (χ1v) is 11.6. The van der Waals surface area contributed by atoms with Crippen molar-refractivity contribution in [3.05, 3.63) is 102 Å². The number of aryl methyl sites for hydroxylation is 1. The van der Waals surface area contributed by atoms with Gasteiger partial charge < -0.3 is 0 Å². The first-order valence-electron chi connectivity index (χ1n) is 11.6. The lowest BCUT2D eigenvalue weighted by Gasteiger charge is -2.33. The van der Waals surface area contributed by atoms with E-state index in [0.29, 0.717) is 12.4 Å². The van der Waals surface area contributed by atoms with Crippen LogP contribution in [0.4, 0.5) is 8.78 Å². The van der Waals surface area contributed by atoms with Crippen molar-refractivity contribution < 1.29 is 8.78 Å². The molecular formula is C28H26F2N4. The van der Waals surface area contributed by atoms with Gasteiger partial charge in [0.25, 0.3) is 0 Å². The lowest BCUT2D eigenvalue weighted by atomic mass is 9.88. The molecule has 0 amide bonds. The van der Waals surface area contributed by atoms with Crippen LogP contribution in [0.2, 0.25) is 0 Å². The molecule has 172 valence electrons. The zero-order valence-electron chi connectivity index (χ0n) is 19.1. The van der Waals surface area contributed by atoms with E-state index in [1.165, 1.54) is 17.7 Å². The molecule has 0 bridgehead atoms. The van der Waals surface area contributed by atoms with E-state index >= 15 is 0 Å². The van der Waals surface area contributed by atoms with Crippen molar-refractivity contribution in [2.24, 2.45) is 0 Å². The van der Waals surface area contributed by atoms with Crippen molar-refractivity contribution in [3.8, 4) is 22.5 Å². The van der Waals surface area contributed by atoms with Gasteiger partial charge in [0.05, 0.1) is 5.69 Å². The number of likely N-dealkylation sites (tertiary alicyclic amines) is 1. The molecule has 5 rings (SSSR count). The Bertz CT molecular complexity index is 1290. The van der Waals surface area contributed by atoms with Crippen molar-refractivity contribution in [1.82, 2.24) is 19.9 Å². The molecule has 0 aliphatic carbocycles. The third kappa shape index (κ3) is 4.73. The highest BCUT2D eigenvalue weighted by atomic mass is 19.2. The highest BCUT2D eigenvalue weighted by Gasteiger charge is 2.26. The first kappa shape index (κ1) is 22.3. The van der Waals surface area contributed by atoms with E-state index in [9.17, 15) is 8.78 Å². The van der Waals surface area contributed by atoms with Crippen LogP contribution in [-0.4, -0.2) is 32.9 Å². The molecule has 1 aliphatic rings. The van der Waals surface area contributed by atoms with Crippen LogP contribution in [-0.2, 0) is 6.54 Å². The van der Waals surface area contributed by atoms with E-state index in [2.05, 4.69) is 28.9 Å². The monoisotopic (exact) mass is 456 g/mol. The summed E-state index contributed by atoms with van der Waals surface area (Å²) in [7, 11) is 0. The molecule has 0 N–H and O–H groups in total. The molecule has 1 aliphatic heterocycles. The lowest BCUT2D eigenvalue weighted by Crippen LogP contribution is -2.34. The van der Waals surface area contributed by atoms with Gasteiger partial charge in [-0.1, -0.05) is 30.3 Å². The maximum Gasteiger partial charge on any atom is 0.159 e. The summed E-state index contributed by atoms with van der Waals surface area (Å²) >= 11 is 0. The maximum atomic E-state index is 13.7. The van der Waals surface area contributed by atoms with Crippen LogP contribution in [0.3, 0.4) is 0 Å². The minimum Gasteiger partial charge on any atom is -0.298 e. The second-order valence-electron chi connectivity index (χ2n) is 8.87. The van der Waals surface area contributed by atoms with Crippen LogP contribution in [0.25, 0.3) is 22.5 Å². The van der Waals surface area contributed by atoms with Crippen LogP contribution in [0.15, 0.2) is 73.2 Å². The SMILES string of the molecule is Cc1ccccc1-c1cnc(-c2ccncc2)nc1[C@H]1CCCN(Cc2ccc(F)c(F)c2)C1. The van der Waals surface area contributed by atoms with E-state index < -0.39 is 11.6 Å². The van der Waals surface area contributed by atoms with Gasteiger partial charge in [0.1, 0.15) is 0 Å². The van der Waals surface area contributed by atoms with E-state index in [1.807, 2.05) is 30.5 Å². The molecule has 0 spiro atoms. The van der Waals surface area contributed by atoms with Gasteiger partial charge in [-0.05, 0) is 67.3 Å². The molecule has 6 heteroatoms. The normalized spacial score (nSPS) is 16.5. The standard InChI is InChI=1S/C28H26F2N4/c1-19-5-2-3-7-23(19)24-16-32-28(21-10-12-31-13-11-21)33-27(24)22-6-4-14-34(18-22)17-20-8-9-25(29)26(30)15-20/h2-3,5,7-13,15-16,22H,4,6,14,17-18H2,1H3/t22-/m0/s1. The summed E-state index contributed by atoms with van der Waals surface area (Å²) in [4.78, 5) is 16.2.